The van der Waals surface area contributed by atoms with Gasteiger partial charge < -0.3 is 5.11 Å². The lowest BCUT2D eigenvalue weighted by atomic mass is 9.68. The van der Waals surface area contributed by atoms with E-state index in [9.17, 15) is 24.3 Å². The SMILES string of the molecule is CC1=CC(=O)C2=C(C1=O)[C@@H](c1cccc(O)c1)C1=CCn3c(=O)n(-c4ccccc4)c(=O)n3[C@@H]1C2. The van der Waals surface area contributed by atoms with Crippen LogP contribution in [0.15, 0.2) is 98.6 Å². The Morgan fingerprint density at radius 3 is 2.46 bits per heavy atom. The van der Waals surface area contributed by atoms with E-state index in [0.717, 1.165) is 10.1 Å². The van der Waals surface area contributed by atoms with Crippen LogP contribution in [-0.2, 0) is 16.1 Å². The van der Waals surface area contributed by atoms with Gasteiger partial charge in [-0.05, 0) is 48.4 Å². The highest BCUT2D eigenvalue weighted by Crippen LogP contribution is 2.49. The average Bonchev–Trinajstić information content (AvgIpc) is 3.11. The third-order valence-electron chi connectivity index (χ3n) is 7.05. The summed E-state index contributed by atoms with van der Waals surface area (Å²) < 4.78 is 3.92. The minimum absolute atomic E-state index is 0.0364. The lowest BCUT2D eigenvalue weighted by Crippen LogP contribution is -2.40. The molecule has 3 aromatic rings. The molecule has 0 fully saturated rings. The number of fused-ring (bicyclic) bond motifs is 3. The summed E-state index contributed by atoms with van der Waals surface area (Å²) in [6, 6.07) is 14.7. The fourth-order valence-electron chi connectivity index (χ4n) is 5.52. The van der Waals surface area contributed by atoms with Crippen molar-refractivity contribution in [2.75, 3.05) is 0 Å². The van der Waals surface area contributed by atoms with Crippen molar-refractivity contribution < 1.29 is 14.7 Å². The number of ketones is 2. The van der Waals surface area contributed by atoms with Crippen LogP contribution in [0.3, 0.4) is 0 Å². The highest BCUT2D eigenvalue weighted by Gasteiger charge is 2.44. The van der Waals surface area contributed by atoms with Crippen LogP contribution < -0.4 is 11.4 Å². The van der Waals surface area contributed by atoms with E-state index in [-0.39, 0.29) is 30.3 Å². The number of aromatic nitrogens is 3. The Balaban J connectivity index is 1.60. The van der Waals surface area contributed by atoms with Crippen LogP contribution >= 0.6 is 0 Å². The van der Waals surface area contributed by atoms with Gasteiger partial charge in [0.1, 0.15) is 5.75 Å². The number of carbonyl (C=O) groups is 2. The van der Waals surface area contributed by atoms with E-state index in [1.54, 1.807) is 55.5 Å². The van der Waals surface area contributed by atoms with Crippen molar-refractivity contribution in [3.63, 3.8) is 0 Å². The maximum atomic E-state index is 13.6. The smallest absolute Gasteiger partial charge is 0.352 e. The van der Waals surface area contributed by atoms with Crippen LogP contribution in [0.2, 0.25) is 0 Å². The van der Waals surface area contributed by atoms with Gasteiger partial charge in [-0.15, -0.1) is 0 Å². The molecule has 0 bridgehead atoms. The third kappa shape index (κ3) is 2.99. The van der Waals surface area contributed by atoms with Crippen LogP contribution in [0.1, 0.15) is 30.9 Å². The molecule has 6 rings (SSSR count). The van der Waals surface area contributed by atoms with E-state index in [2.05, 4.69) is 0 Å². The Morgan fingerprint density at radius 2 is 1.71 bits per heavy atom. The summed E-state index contributed by atoms with van der Waals surface area (Å²) in [7, 11) is 0. The quantitative estimate of drug-likeness (QED) is 0.461. The number of aromatic hydroxyl groups is 1. The Hall–Kier alpha value is -4.46. The number of phenols is 1. The minimum Gasteiger partial charge on any atom is -0.508 e. The van der Waals surface area contributed by atoms with Gasteiger partial charge in [0, 0.05) is 29.1 Å². The summed E-state index contributed by atoms with van der Waals surface area (Å²) in [5, 5.41) is 10.2. The highest BCUT2D eigenvalue weighted by atomic mass is 16.3. The van der Waals surface area contributed by atoms with Gasteiger partial charge in [0.25, 0.3) is 0 Å². The molecule has 1 N–H and O–H groups in total. The van der Waals surface area contributed by atoms with Gasteiger partial charge >= 0.3 is 11.4 Å². The molecule has 1 aromatic heterocycles. The first-order valence-corrected chi connectivity index (χ1v) is 11.4. The highest BCUT2D eigenvalue weighted by molar-refractivity contribution is 6.23. The average molecular weight is 467 g/mol. The molecule has 8 nitrogen and oxygen atoms in total. The summed E-state index contributed by atoms with van der Waals surface area (Å²) in [5.74, 6) is -1.07. The number of benzene rings is 2. The number of allylic oxidation sites excluding steroid dienone is 6. The van der Waals surface area contributed by atoms with E-state index in [0.29, 0.717) is 28.0 Å². The zero-order chi connectivity index (χ0) is 24.4. The molecular formula is C27H21N3O5. The van der Waals surface area contributed by atoms with E-state index in [1.165, 1.54) is 21.5 Å². The summed E-state index contributed by atoms with van der Waals surface area (Å²) in [4.78, 5) is 53.2. The maximum Gasteiger partial charge on any atom is 0.352 e. The first-order valence-electron chi connectivity index (χ1n) is 11.4. The van der Waals surface area contributed by atoms with E-state index in [4.69, 9.17) is 0 Å². The second-order valence-electron chi connectivity index (χ2n) is 9.03. The molecule has 0 saturated heterocycles. The molecule has 3 aliphatic rings. The standard InChI is InChI=1S/C27H21N3O5/c1-15-12-22(32)20-14-21-19(23(24(20)25(15)33)16-6-5-9-18(31)13-16)10-11-28-26(34)29(27(35)30(21)28)17-7-3-2-4-8-17/h2-10,12-13,21,23,31H,11,14H2,1H3/t21-,23+/m1/s1. The fraction of sp³-hybridized carbons (Fsp3) is 0.185. The predicted molar refractivity (Wildman–Crippen MR) is 128 cm³/mol. The molecule has 35 heavy (non-hydrogen) atoms. The first-order chi connectivity index (χ1) is 16.9. The predicted octanol–water partition coefficient (Wildman–Crippen LogP) is 2.57. The summed E-state index contributed by atoms with van der Waals surface area (Å²) >= 11 is 0. The second kappa shape index (κ2) is 7.53. The van der Waals surface area contributed by atoms with Crippen LogP contribution in [-0.4, -0.2) is 30.6 Å². The number of phenolic OH excluding ortho intramolecular Hbond substituents is 1. The molecule has 1 aliphatic heterocycles. The number of carbonyl (C=O) groups excluding carboxylic acids is 2. The van der Waals surface area contributed by atoms with Crippen LogP contribution in [0.25, 0.3) is 5.69 Å². The zero-order valence-electron chi connectivity index (χ0n) is 18.8. The monoisotopic (exact) mass is 467 g/mol. The van der Waals surface area contributed by atoms with Gasteiger partial charge in [0.05, 0.1) is 18.3 Å². The van der Waals surface area contributed by atoms with Crippen LogP contribution in [0.5, 0.6) is 5.75 Å². The van der Waals surface area contributed by atoms with Gasteiger partial charge in [-0.2, -0.15) is 0 Å². The number of hydrogen-bond donors (Lipinski definition) is 1. The largest absolute Gasteiger partial charge is 0.508 e. The fourth-order valence-corrected chi connectivity index (χ4v) is 5.52. The normalized spacial score (nSPS) is 21.2. The van der Waals surface area contributed by atoms with E-state index in [1.807, 2.05) is 6.08 Å². The Morgan fingerprint density at radius 1 is 0.943 bits per heavy atom. The van der Waals surface area contributed by atoms with Crippen molar-refractivity contribution in [3.05, 3.63) is 116 Å². The van der Waals surface area contributed by atoms with Crippen molar-refractivity contribution in [3.8, 4) is 11.4 Å². The molecule has 2 aromatic carbocycles. The lowest BCUT2D eigenvalue weighted by Gasteiger charge is -2.39. The third-order valence-corrected chi connectivity index (χ3v) is 7.05. The summed E-state index contributed by atoms with van der Waals surface area (Å²) in [6.07, 6.45) is 3.33. The van der Waals surface area contributed by atoms with Gasteiger partial charge in [-0.1, -0.05) is 36.4 Å². The van der Waals surface area contributed by atoms with Gasteiger partial charge in [-0.3, -0.25) is 9.59 Å². The van der Waals surface area contributed by atoms with Crippen molar-refractivity contribution in [2.24, 2.45) is 0 Å². The van der Waals surface area contributed by atoms with Gasteiger partial charge in [-0.25, -0.2) is 23.5 Å². The molecule has 0 radical (unpaired) electrons. The number of hydrogen-bond acceptors (Lipinski definition) is 5. The molecule has 0 unspecified atom stereocenters. The Labute approximate surface area is 199 Å². The van der Waals surface area contributed by atoms with E-state index < -0.39 is 23.3 Å². The second-order valence-corrected chi connectivity index (χ2v) is 9.03. The lowest BCUT2D eigenvalue weighted by molar-refractivity contribution is -0.116. The maximum absolute atomic E-state index is 13.6. The van der Waals surface area contributed by atoms with Crippen molar-refractivity contribution >= 4 is 11.6 Å². The molecular weight excluding hydrogens is 446 g/mol. The van der Waals surface area contributed by atoms with Crippen LogP contribution in [0.4, 0.5) is 0 Å². The first kappa shape index (κ1) is 21.1. The molecule has 2 aliphatic carbocycles. The number of para-hydroxylation sites is 1. The zero-order valence-corrected chi connectivity index (χ0v) is 18.8. The van der Waals surface area contributed by atoms with Gasteiger partial charge in [0.2, 0.25) is 0 Å². The molecule has 2 atom stereocenters. The van der Waals surface area contributed by atoms with Crippen molar-refractivity contribution in [2.45, 2.75) is 31.8 Å². The Kier molecular flexibility index (Phi) is 4.54. The van der Waals surface area contributed by atoms with E-state index >= 15 is 0 Å². The topological polar surface area (TPSA) is 103 Å². The molecule has 0 amide bonds. The number of nitrogens with zero attached hydrogens (tertiary/aromatic N) is 3. The number of Topliss-reactive ketones (excluding diaryl/α,β-unsaturated/α-hetero) is 1. The molecule has 0 saturated carbocycles. The molecule has 2 heterocycles. The number of rotatable bonds is 2. The summed E-state index contributed by atoms with van der Waals surface area (Å²) in [6.45, 7) is 1.77. The molecule has 174 valence electrons. The van der Waals surface area contributed by atoms with Crippen LogP contribution in [0, 0.1) is 0 Å². The van der Waals surface area contributed by atoms with Crippen molar-refractivity contribution in [1.82, 2.24) is 13.9 Å². The molecule has 0 spiro atoms. The Bertz CT molecular complexity index is 1650. The molecule has 8 heteroatoms. The van der Waals surface area contributed by atoms with Crippen molar-refractivity contribution in [1.29, 1.82) is 0 Å². The minimum atomic E-state index is -0.622. The summed E-state index contributed by atoms with van der Waals surface area (Å²) in [5.41, 5.74) is 1.99. The van der Waals surface area contributed by atoms with Gasteiger partial charge in [0.15, 0.2) is 11.6 Å².